The molecule has 178 valence electrons. The van der Waals surface area contributed by atoms with Crippen LogP contribution in [-0.2, 0) is 27.9 Å². The molecule has 0 aliphatic rings. The van der Waals surface area contributed by atoms with Gasteiger partial charge >= 0.3 is 11.1 Å². The van der Waals surface area contributed by atoms with Crippen molar-refractivity contribution >= 4 is 27.0 Å². The third-order valence-electron chi connectivity index (χ3n) is 5.11. The highest BCUT2D eigenvalue weighted by molar-refractivity contribution is 7.89. The summed E-state index contributed by atoms with van der Waals surface area (Å²) in [5.74, 6) is 0.178. The minimum absolute atomic E-state index is 0.0156. The van der Waals surface area contributed by atoms with Crippen LogP contribution in [0.3, 0.4) is 0 Å². The van der Waals surface area contributed by atoms with Crippen LogP contribution in [0.25, 0.3) is 11.0 Å². The zero-order chi connectivity index (χ0) is 24.4. The van der Waals surface area contributed by atoms with Gasteiger partial charge in [-0.2, -0.15) is 0 Å². The van der Waals surface area contributed by atoms with Crippen molar-refractivity contribution in [3.05, 3.63) is 38.9 Å². The van der Waals surface area contributed by atoms with Gasteiger partial charge in [0, 0.05) is 33.7 Å². The fraction of sp³-hybridized carbons (Fsp3) is 0.591. The molecule has 0 aliphatic carbocycles. The maximum atomic E-state index is 13.2. The van der Waals surface area contributed by atoms with Gasteiger partial charge in [0.1, 0.15) is 6.54 Å². The highest BCUT2D eigenvalue weighted by Gasteiger charge is 2.23. The highest BCUT2D eigenvalue weighted by atomic mass is 32.2. The molecule has 0 atom stereocenters. The number of carbonyl (C=O) groups excluding carboxylic acids is 1. The van der Waals surface area contributed by atoms with Gasteiger partial charge in [0.05, 0.1) is 15.9 Å². The second-order valence-electron chi connectivity index (χ2n) is 8.97. The standard InChI is InChI=1S/C22H34N4O5S/c1-8-25-18-10-9-17(32(30,31)23(6)7)11-19(18)26(22(29)21(25)28)14-20(27)24(12-15(2)3)13-16(4)5/h9-11,15-16H,8,12-14H2,1-7H3. The molecule has 0 bridgehead atoms. The number of benzene rings is 1. The van der Waals surface area contributed by atoms with Crippen LogP contribution in [0.4, 0.5) is 0 Å². The SMILES string of the molecule is CCn1c(=O)c(=O)n(CC(=O)N(CC(C)C)CC(C)C)c2cc(S(=O)(=O)N(C)C)ccc21. The fourth-order valence-corrected chi connectivity index (χ4v) is 4.56. The first kappa shape index (κ1) is 25.8. The van der Waals surface area contributed by atoms with Crippen molar-refractivity contribution < 1.29 is 13.2 Å². The van der Waals surface area contributed by atoms with Crippen LogP contribution in [-0.4, -0.2) is 59.8 Å². The lowest BCUT2D eigenvalue weighted by atomic mass is 10.1. The molecule has 0 spiro atoms. The van der Waals surface area contributed by atoms with Gasteiger partial charge in [-0.05, 0) is 37.0 Å². The number of fused-ring (bicyclic) bond motifs is 1. The molecule has 0 saturated heterocycles. The Kier molecular flexibility index (Phi) is 8.06. The normalized spacial score (nSPS) is 12.3. The van der Waals surface area contributed by atoms with Crippen LogP contribution in [0, 0.1) is 11.8 Å². The molecule has 0 fully saturated rings. The zero-order valence-electron chi connectivity index (χ0n) is 20.0. The van der Waals surface area contributed by atoms with Crippen molar-refractivity contribution in [3.8, 4) is 0 Å². The van der Waals surface area contributed by atoms with E-state index in [0.717, 1.165) is 8.87 Å². The van der Waals surface area contributed by atoms with Crippen molar-refractivity contribution in [1.29, 1.82) is 0 Å². The first-order valence-corrected chi connectivity index (χ1v) is 12.2. The summed E-state index contributed by atoms with van der Waals surface area (Å²) < 4.78 is 28.8. The molecule has 2 rings (SSSR count). The summed E-state index contributed by atoms with van der Waals surface area (Å²) in [7, 11) is -0.938. The summed E-state index contributed by atoms with van der Waals surface area (Å²) in [5, 5.41) is 0. The number of amides is 1. The van der Waals surface area contributed by atoms with Crippen molar-refractivity contribution in [2.24, 2.45) is 11.8 Å². The highest BCUT2D eigenvalue weighted by Crippen LogP contribution is 2.20. The zero-order valence-corrected chi connectivity index (χ0v) is 20.8. The van der Waals surface area contributed by atoms with Gasteiger partial charge in [0.15, 0.2) is 0 Å². The predicted octanol–water partition coefficient (Wildman–Crippen LogP) is 1.57. The number of rotatable bonds is 9. The smallest absolute Gasteiger partial charge is 0.317 e. The molecule has 0 radical (unpaired) electrons. The van der Waals surface area contributed by atoms with E-state index < -0.39 is 21.1 Å². The number of hydrogen-bond donors (Lipinski definition) is 0. The molecule has 0 unspecified atom stereocenters. The molecule has 1 aromatic carbocycles. The molecule has 10 heteroatoms. The third kappa shape index (κ3) is 5.29. The number of carbonyl (C=O) groups is 1. The van der Waals surface area contributed by atoms with E-state index in [9.17, 15) is 22.8 Å². The van der Waals surface area contributed by atoms with Crippen LogP contribution >= 0.6 is 0 Å². The maximum Gasteiger partial charge on any atom is 0.317 e. The molecule has 0 aliphatic heterocycles. The Balaban J connectivity index is 2.73. The fourth-order valence-electron chi connectivity index (χ4n) is 3.63. The Morgan fingerprint density at radius 3 is 1.94 bits per heavy atom. The van der Waals surface area contributed by atoms with Crippen LogP contribution in [0.15, 0.2) is 32.7 Å². The molecule has 9 nitrogen and oxygen atoms in total. The van der Waals surface area contributed by atoms with E-state index in [2.05, 4.69) is 0 Å². The van der Waals surface area contributed by atoms with Gasteiger partial charge < -0.3 is 9.47 Å². The number of aryl methyl sites for hydroxylation is 1. The molecular weight excluding hydrogens is 432 g/mol. The van der Waals surface area contributed by atoms with Gasteiger partial charge in [-0.15, -0.1) is 0 Å². The van der Waals surface area contributed by atoms with E-state index in [1.807, 2.05) is 27.7 Å². The van der Waals surface area contributed by atoms with Crippen molar-refractivity contribution in [2.45, 2.75) is 52.6 Å². The lowest BCUT2D eigenvalue weighted by Gasteiger charge is -2.27. The molecule has 32 heavy (non-hydrogen) atoms. The average molecular weight is 467 g/mol. The summed E-state index contributed by atoms with van der Waals surface area (Å²) in [4.78, 5) is 40.5. The van der Waals surface area contributed by atoms with Gasteiger partial charge in [-0.3, -0.25) is 19.0 Å². The quantitative estimate of drug-likeness (QED) is 0.522. The minimum atomic E-state index is -3.77. The van der Waals surface area contributed by atoms with Crippen molar-refractivity contribution in [3.63, 3.8) is 0 Å². The van der Waals surface area contributed by atoms with Gasteiger partial charge in [-0.1, -0.05) is 27.7 Å². The van der Waals surface area contributed by atoms with E-state index >= 15 is 0 Å². The Morgan fingerprint density at radius 1 is 0.938 bits per heavy atom. The van der Waals surface area contributed by atoms with Crippen LogP contribution in [0.5, 0.6) is 0 Å². The molecular formula is C22H34N4O5S. The summed E-state index contributed by atoms with van der Waals surface area (Å²) >= 11 is 0. The molecule has 0 saturated carbocycles. The monoisotopic (exact) mass is 466 g/mol. The Morgan fingerprint density at radius 2 is 1.47 bits per heavy atom. The van der Waals surface area contributed by atoms with E-state index in [-0.39, 0.29) is 41.2 Å². The lowest BCUT2D eigenvalue weighted by molar-refractivity contribution is -0.132. The summed E-state index contributed by atoms with van der Waals surface area (Å²) in [6.07, 6.45) is 0. The van der Waals surface area contributed by atoms with E-state index in [1.165, 1.54) is 36.9 Å². The Bertz CT molecular complexity index is 1200. The predicted molar refractivity (Wildman–Crippen MR) is 125 cm³/mol. The first-order valence-electron chi connectivity index (χ1n) is 10.8. The molecule has 2 aromatic rings. The number of hydrogen-bond acceptors (Lipinski definition) is 5. The number of nitrogens with zero attached hydrogens (tertiary/aromatic N) is 4. The van der Waals surface area contributed by atoms with Gasteiger partial charge in [0.25, 0.3) is 0 Å². The molecule has 1 aromatic heterocycles. The second-order valence-corrected chi connectivity index (χ2v) is 11.1. The van der Waals surface area contributed by atoms with E-state index in [1.54, 1.807) is 11.8 Å². The Labute approximate surface area is 189 Å². The van der Waals surface area contributed by atoms with E-state index in [0.29, 0.717) is 18.6 Å². The van der Waals surface area contributed by atoms with Gasteiger partial charge in [0.2, 0.25) is 15.9 Å². The summed E-state index contributed by atoms with van der Waals surface area (Å²) in [5.41, 5.74) is -0.944. The maximum absolute atomic E-state index is 13.2. The van der Waals surface area contributed by atoms with Crippen LogP contribution in [0.2, 0.25) is 0 Å². The van der Waals surface area contributed by atoms with Crippen molar-refractivity contribution in [2.75, 3.05) is 27.2 Å². The summed E-state index contributed by atoms with van der Waals surface area (Å²) in [6.45, 7) is 10.7. The van der Waals surface area contributed by atoms with Crippen molar-refractivity contribution in [1.82, 2.24) is 18.3 Å². The third-order valence-corrected chi connectivity index (χ3v) is 6.92. The van der Waals surface area contributed by atoms with E-state index in [4.69, 9.17) is 0 Å². The summed E-state index contributed by atoms with van der Waals surface area (Å²) in [6, 6.07) is 4.28. The lowest BCUT2D eigenvalue weighted by Crippen LogP contribution is -2.45. The number of aromatic nitrogens is 2. The Hall–Kier alpha value is -2.46. The largest absolute Gasteiger partial charge is 0.341 e. The molecule has 0 N–H and O–H groups in total. The average Bonchev–Trinajstić information content (AvgIpc) is 2.69. The first-order chi connectivity index (χ1) is 14.8. The second kappa shape index (κ2) is 9.99. The number of sulfonamides is 1. The van der Waals surface area contributed by atoms with Crippen LogP contribution in [0.1, 0.15) is 34.6 Å². The molecule has 1 amide bonds. The topological polar surface area (TPSA) is 102 Å². The van der Waals surface area contributed by atoms with Crippen LogP contribution < -0.4 is 11.1 Å². The van der Waals surface area contributed by atoms with Gasteiger partial charge in [-0.25, -0.2) is 12.7 Å². The minimum Gasteiger partial charge on any atom is -0.341 e. The molecule has 1 heterocycles.